The van der Waals surface area contributed by atoms with Gasteiger partial charge in [0.25, 0.3) is 0 Å². The number of para-hydroxylation sites is 1. The minimum atomic E-state index is -4.19. The Hall–Kier alpha value is -0.980. The molecule has 3 rings (SSSR count). The maximum absolute atomic E-state index is 10.9. The number of nitrogens with zero attached hydrogens (tertiary/aromatic N) is 1. The summed E-state index contributed by atoms with van der Waals surface area (Å²) in [5.41, 5.74) is 4.23. The second kappa shape index (κ2) is 9.25. The van der Waals surface area contributed by atoms with Crippen LogP contribution in [0.2, 0.25) is 0 Å². The molecule has 0 radical (unpaired) electrons. The molecular weight excluding hydrogens is 628 g/mol. The van der Waals surface area contributed by atoms with Crippen molar-refractivity contribution in [3.63, 3.8) is 0 Å². The van der Waals surface area contributed by atoms with Crippen LogP contribution >= 0.6 is 45.2 Å². The van der Waals surface area contributed by atoms with E-state index in [1.54, 1.807) is 0 Å². The zero-order valence-corrected chi connectivity index (χ0v) is 21.9. The Kier molecular flexibility index (Phi) is 7.30. The molecule has 1 heterocycles. The van der Waals surface area contributed by atoms with Crippen LogP contribution in [0.1, 0.15) is 37.8 Å². The van der Waals surface area contributed by atoms with E-state index in [9.17, 15) is 18.1 Å². The lowest BCUT2D eigenvalue weighted by Gasteiger charge is -2.15. The van der Waals surface area contributed by atoms with Gasteiger partial charge in [0.15, 0.2) is 5.71 Å². The van der Waals surface area contributed by atoms with Gasteiger partial charge < -0.3 is 9.66 Å². The Morgan fingerprint density at radius 2 is 1.73 bits per heavy atom. The largest absolute Gasteiger partial charge is 0.748 e. The SMILES string of the molecule is CC1(C)C(/C=C/c2cc(I)c(O)c(I)c2)=[N+](CCCCS(=O)(=O)[O-])c2ccccc21. The van der Waals surface area contributed by atoms with Crippen molar-refractivity contribution < 1.29 is 22.7 Å². The highest BCUT2D eigenvalue weighted by atomic mass is 127. The highest BCUT2D eigenvalue weighted by Gasteiger charge is 2.43. The van der Waals surface area contributed by atoms with Crippen molar-refractivity contribution >= 4 is 72.8 Å². The molecule has 0 amide bonds. The van der Waals surface area contributed by atoms with E-state index in [0.717, 1.165) is 24.1 Å². The van der Waals surface area contributed by atoms with Crippen LogP contribution in [0.15, 0.2) is 42.5 Å². The minimum absolute atomic E-state index is 0.213. The van der Waals surface area contributed by atoms with Crippen LogP contribution in [0.3, 0.4) is 0 Å². The molecule has 1 aliphatic heterocycles. The average Bonchev–Trinajstić information content (AvgIpc) is 2.87. The molecule has 1 N–H and O–H groups in total. The number of rotatable bonds is 7. The lowest BCUT2D eigenvalue weighted by molar-refractivity contribution is -0.438. The fraction of sp³-hybridized carbons (Fsp3) is 0.318. The van der Waals surface area contributed by atoms with E-state index in [1.165, 1.54) is 5.56 Å². The first-order valence-electron chi connectivity index (χ1n) is 9.55. The Balaban J connectivity index is 1.96. The molecule has 160 valence electrons. The first kappa shape index (κ1) is 23.7. The van der Waals surface area contributed by atoms with Crippen molar-refractivity contribution in [2.24, 2.45) is 0 Å². The van der Waals surface area contributed by atoms with E-state index >= 15 is 0 Å². The van der Waals surface area contributed by atoms with E-state index in [-0.39, 0.29) is 11.2 Å². The fourth-order valence-corrected chi connectivity index (χ4v) is 6.16. The van der Waals surface area contributed by atoms with Crippen molar-refractivity contribution in [1.29, 1.82) is 0 Å². The van der Waals surface area contributed by atoms with E-state index < -0.39 is 10.1 Å². The molecule has 5 nitrogen and oxygen atoms in total. The molecule has 0 atom stereocenters. The van der Waals surface area contributed by atoms with Gasteiger partial charge in [0.1, 0.15) is 12.3 Å². The van der Waals surface area contributed by atoms with Gasteiger partial charge in [0.05, 0.1) is 22.7 Å². The summed E-state index contributed by atoms with van der Waals surface area (Å²) in [6.07, 6.45) is 5.10. The number of allylic oxidation sites excluding steroid dienone is 1. The highest BCUT2D eigenvalue weighted by Crippen LogP contribution is 2.40. The number of aromatic hydroxyl groups is 1. The molecule has 0 fully saturated rings. The van der Waals surface area contributed by atoms with Gasteiger partial charge in [0, 0.05) is 29.9 Å². The zero-order chi connectivity index (χ0) is 22.1. The van der Waals surface area contributed by atoms with Crippen LogP contribution in [0.5, 0.6) is 5.75 Å². The lowest BCUT2D eigenvalue weighted by Crippen LogP contribution is -2.28. The van der Waals surface area contributed by atoms with E-state index in [4.69, 9.17) is 0 Å². The number of phenolic OH excluding ortho intramolecular Hbond substituents is 1. The summed E-state index contributed by atoms with van der Waals surface area (Å²) in [6.45, 7) is 5.00. The zero-order valence-electron chi connectivity index (χ0n) is 16.7. The third kappa shape index (κ3) is 5.25. The smallest absolute Gasteiger partial charge is 0.209 e. The topological polar surface area (TPSA) is 80.4 Å². The number of hydrogen-bond donors (Lipinski definition) is 1. The molecule has 0 saturated carbocycles. The number of fused-ring (bicyclic) bond motifs is 1. The summed E-state index contributed by atoms with van der Waals surface area (Å²) in [5.74, 6) is -0.0360. The number of unbranched alkanes of at least 4 members (excludes halogenated alkanes) is 1. The van der Waals surface area contributed by atoms with Crippen LogP contribution < -0.4 is 0 Å². The molecule has 0 unspecified atom stereocenters. The van der Waals surface area contributed by atoms with Gasteiger partial charge in [-0.15, -0.1) is 0 Å². The summed E-state index contributed by atoms with van der Waals surface area (Å²) in [7, 11) is -4.19. The maximum Gasteiger partial charge on any atom is 0.209 e. The van der Waals surface area contributed by atoms with Crippen LogP contribution in [-0.2, 0) is 15.5 Å². The van der Waals surface area contributed by atoms with Crippen molar-refractivity contribution in [2.45, 2.75) is 32.1 Å². The van der Waals surface area contributed by atoms with E-state index in [0.29, 0.717) is 25.1 Å². The van der Waals surface area contributed by atoms with Gasteiger partial charge >= 0.3 is 0 Å². The quantitative estimate of drug-likeness (QED) is 0.198. The van der Waals surface area contributed by atoms with Crippen LogP contribution in [0.25, 0.3) is 6.08 Å². The Morgan fingerprint density at radius 3 is 2.37 bits per heavy atom. The highest BCUT2D eigenvalue weighted by molar-refractivity contribution is 14.1. The summed E-state index contributed by atoms with van der Waals surface area (Å²) in [6, 6.07) is 12.1. The molecule has 2 aromatic carbocycles. The predicted molar refractivity (Wildman–Crippen MR) is 136 cm³/mol. The molecule has 1 aliphatic rings. The van der Waals surface area contributed by atoms with Gasteiger partial charge in [-0.1, -0.05) is 18.2 Å². The van der Waals surface area contributed by atoms with Crippen LogP contribution in [-0.4, -0.2) is 40.7 Å². The molecule has 0 bridgehead atoms. The van der Waals surface area contributed by atoms with Crippen molar-refractivity contribution in [3.8, 4) is 5.75 Å². The van der Waals surface area contributed by atoms with Gasteiger partial charge in [-0.3, -0.25) is 0 Å². The van der Waals surface area contributed by atoms with Crippen molar-refractivity contribution in [2.75, 3.05) is 12.3 Å². The Labute approximate surface area is 204 Å². The van der Waals surface area contributed by atoms with E-state index in [2.05, 4.69) is 81.8 Å². The number of hydrogen-bond acceptors (Lipinski definition) is 4. The maximum atomic E-state index is 10.9. The molecule has 8 heteroatoms. The van der Waals surface area contributed by atoms with Crippen molar-refractivity contribution in [1.82, 2.24) is 0 Å². The van der Waals surface area contributed by atoms with Gasteiger partial charge in [0.2, 0.25) is 5.69 Å². The monoisotopic (exact) mass is 651 g/mol. The molecule has 0 saturated heterocycles. The van der Waals surface area contributed by atoms with Crippen LogP contribution in [0.4, 0.5) is 5.69 Å². The molecule has 2 aromatic rings. The van der Waals surface area contributed by atoms with Gasteiger partial charge in [-0.25, -0.2) is 8.42 Å². The second-order valence-electron chi connectivity index (χ2n) is 7.81. The lowest BCUT2D eigenvalue weighted by atomic mass is 9.81. The third-order valence-electron chi connectivity index (χ3n) is 5.30. The summed E-state index contributed by atoms with van der Waals surface area (Å²) in [5, 5.41) is 10.0. The average molecular weight is 651 g/mol. The molecule has 30 heavy (non-hydrogen) atoms. The minimum Gasteiger partial charge on any atom is -0.748 e. The molecular formula is C22H23I2NO4S. The fourth-order valence-electron chi connectivity index (χ4n) is 3.79. The number of phenols is 1. The summed E-state index contributed by atoms with van der Waals surface area (Å²) in [4.78, 5) is 0. The molecule has 0 spiro atoms. The van der Waals surface area contributed by atoms with Gasteiger partial charge in [-0.2, -0.15) is 4.58 Å². The predicted octanol–water partition coefficient (Wildman–Crippen LogP) is 5.02. The Bertz CT molecular complexity index is 1110. The Morgan fingerprint density at radius 1 is 1.10 bits per heavy atom. The molecule has 0 aromatic heterocycles. The second-order valence-corrected chi connectivity index (χ2v) is 11.7. The number of halogens is 2. The number of benzene rings is 2. The summed E-state index contributed by atoms with van der Waals surface area (Å²) < 4.78 is 36.6. The molecule has 0 aliphatic carbocycles. The van der Waals surface area contributed by atoms with Crippen molar-refractivity contribution in [3.05, 3.63) is 60.7 Å². The first-order chi connectivity index (χ1) is 14.0. The van der Waals surface area contributed by atoms with E-state index in [1.807, 2.05) is 30.3 Å². The summed E-state index contributed by atoms with van der Waals surface area (Å²) >= 11 is 4.25. The normalized spacial score (nSPS) is 15.8. The van der Waals surface area contributed by atoms with Gasteiger partial charge in [-0.05, 0) is 89.2 Å². The third-order valence-corrected chi connectivity index (χ3v) is 7.73. The van der Waals surface area contributed by atoms with Crippen LogP contribution in [0, 0.1) is 7.14 Å². The standard InChI is InChI=1S/C22H23I2NO4S/c1-22(2)16-7-3-4-8-19(16)25(11-5-6-12-30(27,28)29)20(22)10-9-15-13-17(23)21(26)18(24)14-15/h3-4,7-10,13-14H,5-6,11-12H2,1-2H3,(H,27,28,29). The first-order valence-corrected chi connectivity index (χ1v) is 13.3.